The Labute approximate surface area is 142 Å². The van der Waals surface area contributed by atoms with Crippen LogP contribution < -0.4 is 5.73 Å². The average molecular weight is 320 g/mol. The molecular formula is C20H24N4. The van der Waals surface area contributed by atoms with Crippen molar-refractivity contribution in [3.8, 4) is 0 Å². The largest absolute Gasteiger partial charge is 0.399 e. The van der Waals surface area contributed by atoms with Crippen LogP contribution in [-0.4, -0.2) is 21.0 Å². The van der Waals surface area contributed by atoms with Crippen molar-refractivity contribution in [1.82, 2.24) is 14.5 Å². The maximum absolute atomic E-state index is 5.94. The van der Waals surface area contributed by atoms with Crippen LogP contribution in [0.3, 0.4) is 0 Å². The fraction of sp³-hybridized carbons (Fsp3) is 0.350. The zero-order valence-electron chi connectivity index (χ0n) is 14.2. The molecule has 24 heavy (non-hydrogen) atoms. The first-order chi connectivity index (χ1) is 11.8. The van der Waals surface area contributed by atoms with E-state index in [9.17, 15) is 0 Å². The molecule has 0 aliphatic carbocycles. The summed E-state index contributed by atoms with van der Waals surface area (Å²) in [5, 5.41) is 0. The molecule has 0 bridgehead atoms. The molecule has 2 N–H and O–H groups in total. The molecule has 2 heterocycles. The van der Waals surface area contributed by atoms with Gasteiger partial charge in [-0.3, -0.25) is 4.90 Å². The van der Waals surface area contributed by atoms with E-state index in [0.717, 1.165) is 30.8 Å². The third kappa shape index (κ3) is 2.67. The van der Waals surface area contributed by atoms with E-state index in [4.69, 9.17) is 10.7 Å². The number of rotatable bonds is 4. The fourth-order valence-corrected chi connectivity index (χ4v) is 3.91. The SMILES string of the molecule is CCn1c(C2CCCN2Cc2cccc(N)c2)nc2ccccc21. The van der Waals surface area contributed by atoms with Gasteiger partial charge in [-0.15, -0.1) is 0 Å². The van der Waals surface area contributed by atoms with E-state index in [1.807, 2.05) is 12.1 Å². The number of nitrogen functional groups attached to an aromatic ring is 1. The lowest BCUT2D eigenvalue weighted by molar-refractivity contribution is 0.236. The third-order valence-corrected chi connectivity index (χ3v) is 5.00. The maximum Gasteiger partial charge on any atom is 0.127 e. The van der Waals surface area contributed by atoms with Crippen LogP contribution in [0.5, 0.6) is 0 Å². The number of hydrogen-bond acceptors (Lipinski definition) is 3. The summed E-state index contributed by atoms with van der Waals surface area (Å²) in [5.74, 6) is 1.21. The number of nitrogens with zero attached hydrogens (tertiary/aromatic N) is 3. The second-order valence-corrected chi connectivity index (χ2v) is 6.58. The molecule has 4 heteroatoms. The summed E-state index contributed by atoms with van der Waals surface area (Å²) in [5.41, 5.74) is 10.4. The standard InChI is InChI=1S/C20H24N4/c1-2-24-18-10-4-3-9-17(18)22-20(24)19-11-6-12-23(19)14-15-7-5-8-16(21)13-15/h3-5,7-10,13,19H,2,6,11-12,14,21H2,1H3. The molecular weight excluding hydrogens is 296 g/mol. The highest BCUT2D eigenvalue weighted by molar-refractivity contribution is 5.76. The van der Waals surface area contributed by atoms with Gasteiger partial charge in [-0.25, -0.2) is 4.98 Å². The molecule has 4 rings (SSSR count). The van der Waals surface area contributed by atoms with Gasteiger partial charge in [0, 0.05) is 18.8 Å². The lowest BCUT2D eigenvalue weighted by Crippen LogP contribution is -2.25. The van der Waals surface area contributed by atoms with Crippen LogP contribution in [0.1, 0.15) is 37.2 Å². The Morgan fingerprint density at radius 2 is 2.04 bits per heavy atom. The Morgan fingerprint density at radius 1 is 1.17 bits per heavy atom. The minimum Gasteiger partial charge on any atom is -0.399 e. The van der Waals surface area contributed by atoms with E-state index < -0.39 is 0 Å². The zero-order valence-corrected chi connectivity index (χ0v) is 14.2. The summed E-state index contributed by atoms with van der Waals surface area (Å²) in [7, 11) is 0. The molecule has 2 aromatic carbocycles. The number of para-hydroxylation sites is 2. The Bertz CT molecular complexity index is 852. The van der Waals surface area contributed by atoms with Crippen LogP contribution in [0.25, 0.3) is 11.0 Å². The van der Waals surface area contributed by atoms with Crippen LogP contribution in [0.15, 0.2) is 48.5 Å². The highest BCUT2D eigenvalue weighted by atomic mass is 15.2. The van der Waals surface area contributed by atoms with Crippen LogP contribution >= 0.6 is 0 Å². The van der Waals surface area contributed by atoms with Gasteiger partial charge < -0.3 is 10.3 Å². The molecule has 0 amide bonds. The van der Waals surface area contributed by atoms with Gasteiger partial charge in [-0.1, -0.05) is 24.3 Å². The van der Waals surface area contributed by atoms with E-state index in [0.29, 0.717) is 6.04 Å². The summed E-state index contributed by atoms with van der Waals surface area (Å²) in [6, 6.07) is 17.1. The third-order valence-electron chi connectivity index (χ3n) is 5.00. The van der Waals surface area contributed by atoms with E-state index in [2.05, 4.69) is 52.8 Å². The molecule has 1 fully saturated rings. The van der Waals surface area contributed by atoms with Gasteiger partial charge in [0.15, 0.2) is 0 Å². The normalized spacial score (nSPS) is 18.5. The molecule has 0 spiro atoms. The van der Waals surface area contributed by atoms with Gasteiger partial charge in [-0.05, 0) is 56.1 Å². The Kier molecular flexibility index (Phi) is 3.98. The number of imidazole rings is 1. The first kappa shape index (κ1) is 15.2. The van der Waals surface area contributed by atoms with E-state index >= 15 is 0 Å². The highest BCUT2D eigenvalue weighted by Gasteiger charge is 2.30. The number of aryl methyl sites for hydroxylation is 1. The van der Waals surface area contributed by atoms with Crippen molar-refractivity contribution in [2.45, 2.75) is 38.9 Å². The first-order valence-corrected chi connectivity index (χ1v) is 8.80. The zero-order chi connectivity index (χ0) is 16.5. The predicted octanol–water partition coefficient (Wildman–Crippen LogP) is 3.98. The number of fused-ring (bicyclic) bond motifs is 1. The summed E-state index contributed by atoms with van der Waals surface area (Å²) in [6.45, 7) is 5.21. The van der Waals surface area contributed by atoms with Crippen LogP contribution in [0.2, 0.25) is 0 Å². The second-order valence-electron chi connectivity index (χ2n) is 6.58. The van der Waals surface area contributed by atoms with Crippen molar-refractivity contribution in [3.63, 3.8) is 0 Å². The number of anilines is 1. The fourth-order valence-electron chi connectivity index (χ4n) is 3.91. The molecule has 1 aliphatic rings. The molecule has 3 aromatic rings. The lowest BCUT2D eigenvalue weighted by Gasteiger charge is -2.25. The van der Waals surface area contributed by atoms with Gasteiger partial charge in [-0.2, -0.15) is 0 Å². The lowest BCUT2D eigenvalue weighted by atomic mass is 10.1. The molecule has 1 atom stereocenters. The molecule has 0 radical (unpaired) electrons. The van der Waals surface area contributed by atoms with Crippen molar-refractivity contribution < 1.29 is 0 Å². The monoisotopic (exact) mass is 320 g/mol. The second kappa shape index (κ2) is 6.29. The first-order valence-electron chi connectivity index (χ1n) is 8.80. The van der Waals surface area contributed by atoms with Gasteiger partial charge in [0.1, 0.15) is 5.82 Å². The Hall–Kier alpha value is -2.33. The van der Waals surface area contributed by atoms with Crippen molar-refractivity contribution >= 4 is 16.7 Å². The summed E-state index contributed by atoms with van der Waals surface area (Å²) in [6.07, 6.45) is 2.39. The molecule has 124 valence electrons. The summed E-state index contributed by atoms with van der Waals surface area (Å²) < 4.78 is 2.37. The van der Waals surface area contributed by atoms with Crippen LogP contribution in [0, 0.1) is 0 Å². The number of hydrogen-bond donors (Lipinski definition) is 1. The van der Waals surface area contributed by atoms with Crippen molar-refractivity contribution in [2.75, 3.05) is 12.3 Å². The number of nitrogens with two attached hydrogens (primary N) is 1. The minimum atomic E-state index is 0.388. The number of likely N-dealkylation sites (tertiary alicyclic amines) is 1. The van der Waals surface area contributed by atoms with E-state index in [1.165, 1.54) is 29.7 Å². The van der Waals surface area contributed by atoms with Gasteiger partial charge in [0.2, 0.25) is 0 Å². The van der Waals surface area contributed by atoms with E-state index in [1.54, 1.807) is 0 Å². The quantitative estimate of drug-likeness (QED) is 0.740. The molecule has 1 unspecified atom stereocenters. The van der Waals surface area contributed by atoms with Crippen molar-refractivity contribution in [3.05, 3.63) is 59.9 Å². The Balaban J connectivity index is 1.67. The van der Waals surface area contributed by atoms with Crippen molar-refractivity contribution in [2.24, 2.45) is 0 Å². The van der Waals surface area contributed by atoms with Crippen molar-refractivity contribution in [1.29, 1.82) is 0 Å². The molecule has 1 aliphatic heterocycles. The molecule has 1 aromatic heterocycles. The smallest absolute Gasteiger partial charge is 0.127 e. The number of aromatic nitrogens is 2. The maximum atomic E-state index is 5.94. The average Bonchev–Trinajstić information content (AvgIpc) is 3.18. The molecule has 1 saturated heterocycles. The Morgan fingerprint density at radius 3 is 2.88 bits per heavy atom. The topological polar surface area (TPSA) is 47.1 Å². The van der Waals surface area contributed by atoms with Gasteiger partial charge in [0.05, 0.1) is 17.1 Å². The predicted molar refractivity (Wildman–Crippen MR) is 98.6 cm³/mol. The van der Waals surface area contributed by atoms with Gasteiger partial charge in [0.25, 0.3) is 0 Å². The van der Waals surface area contributed by atoms with Crippen LogP contribution in [0.4, 0.5) is 5.69 Å². The summed E-state index contributed by atoms with van der Waals surface area (Å²) in [4.78, 5) is 7.52. The minimum absolute atomic E-state index is 0.388. The van der Waals surface area contributed by atoms with E-state index in [-0.39, 0.29) is 0 Å². The van der Waals surface area contributed by atoms with Gasteiger partial charge >= 0.3 is 0 Å². The highest BCUT2D eigenvalue weighted by Crippen LogP contribution is 2.34. The number of benzene rings is 2. The molecule has 0 saturated carbocycles. The summed E-state index contributed by atoms with van der Waals surface area (Å²) >= 11 is 0. The molecule has 4 nitrogen and oxygen atoms in total. The van der Waals surface area contributed by atoms with Crippen LogP contribution in [-0.2, 0) is 13.1 Å².